The van der Waals surface area contributed by atoms with Crippen molar-refractivity contribution in [3.05, 3.63) is 143 Å². The lowest BCUT2D eigenvalue weighted by Crippen LogP contribution is -2.47. The van der Waals surface area contributed by atoms with Crippen LogP contribution in [0.25, 0.3) is 0 Å². The Morgan fingerprint density at radius 2 is 0.973 bits per heavy atom. The summed E-state index contributed by atoms with van der Waals surface area (Å²) in [5.74, 6) is -2.65. The molecule has 0 bridgehead atoms. The van der Waals surface area contributed by atoms with E-state index in [1.807, 2.05) is 0 Å². The SMILES string of the molecule is C[C@@H](C(=O)O[C@H](Cc1cc(C[C@@H](OC(=O)[C@H](C)N(CN)S(=O)(=O)c2ccccc2)c2ccc(OC(F)F)c(OCC3CC3)c2)c[n+]([O-])c1)c1ccc(OC(F)F)c(OCC2CC2)c1)N(CN)S(=O)(=O)c1ccccc1. The predicted molar refractivity (Wildman–Crippen MR) is 261 cm³/mol. The molecule has 24 heteroatoms. The van der Waals surface area contributed by atoms with Gasteiger partial charge >= 0.3 is 25.2 Å². The Labute approximate surface area is 431 Å². The Hall–Kier alpha value is -6.57. The Kier molecular flexibility index (Phi) is 18.6. The molecule has 0 saturated heterocycles. The number of esters is 2. The maximum absolute atomic E-state index is 14.2. The van der Waals surface area contributed by atoms with E-state index in [1.165, 1.54) is 105 Å². The number of hydrogen-bond acceptors (Lipinski definition) is 15. The average molecular weight is 1090 g/mol. The Balaban J connectivity index is 1.25. The first kappa shape index (κ1) is 56.2. The normalized spacial score (nSPS) is 15.6. The molecular weight excluding hydrogens is 1030 g/mol. The van der Waals surface area contributed by atoms with Crippen LogP contribution in [0.4, 0.5) is 17.6 Å². The van der Waals surface area contributed by atoms with Crippen LogP contribution in [-0.4, -0.2) is 89.2 Å². The van der Waals surface area contributed by atoms with Gasteiger partial charge in [0.15, 0.2) is 35.4 Å². The van der Waals surface area contributed by atoms with Crippen molar-refractivity contribution in [3.63, 3.8) is 0 Å². The highest BCUT2D eigenvalue weighted by Crippen LogP contribution is 2.39. The second kappa shape index (κ2) is 24.8. The summed E-state index contributed by atoms with van der Waals surface area (Å²) in [4.78, 5) is 28.0. The second-order valence-electron chi connectivity index (χ2n) is 18.0. The van der Waals surface area contributed by atoms with Gasteiger partial charge in [-0.25, -0.2) is 16.8 Å². The van der Waals surface area contributed by atoms with Gasteiger partial charge in [-0.3, -0.25) is 9.59 Å². The van der Waals surface area contributed by atoms with E-state index in [4.69, 9.17) is 39.9 Å². The van der Waals surface area contributed by atoms with Crippen molar-refractivity contribution in [3.8, 4) is 23.0 Å². The van der Waals surface area contributed by atoms with Crippen LogP contribution in [0.5, 0.6) is 23.0 Å². The second-order valence-corrected chi connectivity index (χ2v) is 21.8. The largest absolute Gasteiger partial charge is 0.619 e. The molecule has 4 atom stereocenters. The lowest BCUT2D eigenvalue weighted by atomic mass is 9.97. The fourth-order valence-corrected chi connectivity index (χ4v) is 10.9. The molecule has 2 saturated carbocycles. The van der Waals surface area contributed by atoms with Crippen molar-refractivity contribution in [2.75, 3.05) is 26.6 Å². The molecule has 2 aliphatic rings. The van der Waals surface area contributed by atoms with Crippen LogP contribution in [0, 0.1) is 17.0 Å². The minimum Gasteiger partial charge on any atom is -0.619 e. The highest BCUT2D eigenvalue weighted by Gasteiger charge is 2.37. The molecular formula is C51H57F4N5O13S2. The van der Waals surface area contributed by atoms with E-state index in [2.05, 4.69) is 0 Å². The average Bonchev–Trinajstić information content (AvgIpc) is 4.33. The van der Waals surface area contributed by atoms with Crippen LogP contribution < -0.4 is 35.1 Å². The smallest absolute Gasteiger partial charge is 0.387 e. The molecule has 1 heterocycles. The van der Waals surface area contributed by atoms with Crippen LogP contribution >= 0.6 is 0 Å². The number of pyridine rings is 1. The molecule has 0 radical (unpaired) electrons. The molecule has 0 amide bonds. The van der Waals surface area contributed by atoms with Gasteiger partial charge in [-0.05, 0) is 117 Å². The van der Waals surface area contributed by atoms with E-state index in [0.29, 0.717) is 4.73 Å². The predicted octanol–water partition coefficient (Wildman–Crippen LogP) is 6.75. The molecule has 404 valence electrons. The lowest BCUT2D eigenvalue weighted by Gasteiger charge is -2.28. The van der Waals surface area contributed by atoms with Gasteiger partial charge in [0.25, 0.3) is 0 Å². The number of carbonyl (C=O) groups is 2. The molecule has 0 spiro atoms. The monoisotopic (exact) mass is 1090 g/mol. The van der Waals surface area contributed by atoms with Gasteiger partial charge in [-0.15, -0.1) is 0 Å². The zero-order valence-electron chi connectivity index (χ0n) is 40.8. The van der Waals surface area contributed by atoms with Gasteiger partial charge < -0.3 is 45.1 Å². The molecule has 2 fully saturated rings. The number of nitrogens with zero attached hydrogens (tertiary/aromatic N) is 3. The van der Waals surface area contributed by atoms with Crippen LogP contribution in [0.2, 0.25) is 0 Å². The van der Waals surface area contributed by atoms with Crippen LogP contribution in [-0.2, 0) is 52.0 Å². The summed E-state index contributed by atoms with van der Waals surface area (Å²) in [6.45, 7) is -4.86. The third-order valence-electron chi connectivity index (χ3n) is 12.4. The molecule has 18 nitrogen and oxygen atoms in total. The summed E-state index contributed by atoms with van der Waals surface area (Å²) in [6, 6.07) is 20.7. The Bertz CT molecular complexity index is 2780. The topological polar surface area (TPSA) is 243 Å². The van der Waals surface area contributed by atoms with Crippen molar-refractivity contribution < 1.29 is 77.1 Å². The molecule has 7 rings (SSSR count). The molecule has 5 aromatic rings. The third kappa shape index (κ3) is 14.8. The van der Waals surface area contributed by atoms with Crippen LogP contribution in [0.15, 0.2) is 125 Å². The number of alkyl halides is 4. The van der Waals surface area contributed by atoms with Gasteiger partial charge in [0.2, 0.25) is 20.0 Å². The maximum Gasteiger partial charge on any atom is 0.387 e. The van der Waals surface area contributed by atoms with Crippen molar-refractivity contribution in [1.82, 2.24) is 8.61 Å². The molecule has 0 unspecified atom stereocenters. The number of nitrogens with two attached hydrogens (primary N) is 2. The fraction of sp³-hybridized carbons (Fsp3) is 0.392. The molecule has 4 aromatic carbocycles. The number of benzene rings is 4. The van der Waals surface area contributed by atoms with Gasteiger partial charge in [-0.1, -0.05) is 48.5 Å². The zero-order valence-corrected chi connectivity index (χ0v) is 42.4. The molecule has 1 aromatic heterocycles. The van der Waals surface area contributed by atoms with Crippen LogP contribution in [0.1, 0.15) is 74.0 Å². The van der Waals surface area contributed by atoms with Gasteiger partial charge in [0, 0.05) is 24.0 Å². The quantitative estimate of drug-likeness (QED) is 0.0173. The highest BCUT2D eigenvalue weighted by atomic mass is 32.2. The van der Waals surface area contributed by atoms with E-state index >= 15 is 0 Å². The number of aromatic nitrogens is 1. The molecule has 2 aliphatic carbocycles. The van der Waals surface area contributed by atoms with Crippen molar-refractivity contribution in [2.24, 2.45) is 23.3 Å². The fourth-order valence-electron chi connectivity index (χ4n) is 7.93. The third-order valence-corrected chi connectivity index (χ3v) is 16.3. The van der Waals surface area contributed by atoms with E-state index in [-0.39, 0.29) is 92.9 Å². The van der Waals surface area contributed by atoms with Gasteiger partial charge in [0.05, 0.1) is 36.3 Å². The van der Waals surface area contributed by atoms with Crippen LogP contribution in [0.3, 0.4) is 0 Å². The first-order valence-electron chi connectivity index (χ1n) is 23.9. The summed E-state index contributed by atoms with van der Waals surface area (Å²) < 4.78 is 145. The van der Waals surface area contributed by atoms with Crippen molar-refractivity contribution in [1.29, 1.82) is 0 Å². The van der Waals surface area contributed by atoms with Gasteiger partial charge in [-0.2, -0.15) is 30.9 Å². The van der Waals surface area contributed by atoms with Crippen molar-refractivity contribution >= 4 is 32.0 Å². The zero-order chi connectivity index (χ0) is 54.0. The highest BCUT2D eigenvalue weighted by molar-refractivity contribution is 7.89. The minimum absolute atomic E-state index is 0.106. The number of carbonyl (C=O) groups excluding carboxylic acids is 2. The number of sulfonamides is 2. The van der Waals surface area contributed by atoms with Crippen molar-refractivity contribution in [2.45, 2.75) is 99.7 Å². The molecule has 0 aliphatic heterocycles. The summed E-state index contributed by atoms with van der Waals surface area (Å²) in [5, 5.41) is 13.6. The van der Waals surface area contributed by atoms with E-state index in [1.54, 1.807) is 12.1 Å². The molecule has 75 heavy (non-hydrogen) atoms. The first-order valence-corrected chi connectivity index (χ1v) is 26.7. The number of rotatable bonds is 28. The maximum atomic E-state index is 14.2. The van der Waals surface area contributed by atoms with E-state index in [0.717, 1.165) is 46.7 Å². The van der Waals surface area contributed by atoms with E-state index in [9.17, 15) is 49.2 Å². The van der Waals surface area contributed by atoms with E-state index < -0.39 is 82.8 Å². The first-order chi connectivity index (χ1) is 35.8. The molecule has 4 N–H and O–H groups in total. The Morgan fingerprint density at radius 1 is 0.600 bits per heavy atom. The Morgan fingerprint density at radius 3 is 1.31 bits per heavy atom. The number of hydrogen-bond donors (Lipinski definition) is 2. The lowest BCUT2D eigenvalue weighted by molar-refractivity contribution is -0.606. The summed E-state index contributed by atoms with van der Waals surface area (Å²) >= 11 is 0. The summed E-state index contributed by atoms with van der Waals surface area (Å²) in [7, 11) is -8.71. The summed E-state index contributed by atoms with van der Waals surface area (Å²) in [5.41, 5.74) is 12.6. The standard InChI is InChI=1S/C51H57F4N5O13S2/c1-32(59(30-56)74(64,65)40-9-5-3-6-10-40)48(61)70-44(38-17-19-42(72-50(52)53)46(24-38)68-28-34-13-14-34)22-36-21-37(27-58(63)26-36)23-45(39-18-20-43(73-51(54)55)47(25-39)69-29-35-15-16-35)71-49(62)33(2)60(31-57)75(66,67)41-11-7-4-8-12-41/h3-12,17-21,24-27,32-35,44-45,50-51H,13-16,22-23,28-31,56-57H2,1-2H3/t32-,33-,44+,45+/m0/s1. The number of halogens is 4. The minimum atomic E-state index is -4.36. The van der Waals surface area contributed by atoms with Gasteiger partial charge in [0.1, 0.15) is 24.3 Å². The number of ether oxygens (including phenoxy) is 6. The summed E-state index contributed by atoms with van der Waals surface area (Å²) in [6.07, 6.45) is 2.32.